The minimum Gasteiger partial charge on any atom is -0.469 e. The molecule has 1 aromatic carbocycles. The molecule has 0 unspecified atom stereocenters. The second-order valence-corrected chi connectivity index (χ2v) is 4.28. The Morgan fingerprint density at radius 2 is 1.80 bits per heavy atom. The van der Waals surface area contributed by atoms with Gasteiger partial charge in [-0.05, 0) is 44.2 Å². The summed E-state index contributed by atoms with van der Waals surface area (Å²) in [6.07, 6.45) is 1.47. The summed E-state index contributed by atoms with van der Waals surface area (Å²) in [6, 6.07) is 8.34. The number of aryl methyl sites for hydroxylation is 1. The number of benzene rings is 1. The van der Waals surface area contributed by atoms with Crippen LogP contribution in [0.25, 0.3) is 0 Å². The summed E-state index contributed by atoms with van der Waals surface area (Å²) in [5.41, 5.74) is 1.69. The Balaban J connectivity index is 2.06. The van der Waals surface area contributed by atoms with E-state index in [0.717, 1.165) is 0 Å². The molecule has 0 aliphatic carbocycles. The molecule has 0 atom stereocenters. The fraction of sp³-hybridized carbons (Fsp3) is 0.200. The van der Waals surface area contributed by atoms with Crippen molar-refractivity contribution in [1.82, 2.24) is 5.32 Å². The van der Waals surface area contributed by atoms with Crippen LogP contribution in [0.1, 0.15) is 33.4 Å². The third kappa shape index (κ3) is 3.06. The second-order valence-electron chi connectivity index (χ2n) is 4.28. The zero-order chi connectivity index (χ0) is 14.5. The van der Waals surface area contributed by atoms with Crippen molar-refractivity contribution < 1.29 is 14.0 Å². The average Bonchev–Trinajstić information content (AvgIpc) is 2.86. The summed E-state index contributed by atoms with van der Waals surface area (Å²) in [4.78, 5) is 23.6. The molecular formula is C15H16N2O3. The van der Waals surface area contributed by atoms with Gasteiger partial charge < -0.3 is 15.1 Å². The Bertz CT molecular complexity index is 614. The second kappa shape index (κ2) is 6.06. The number of carbonyl (C=O) groups excluding carboxylic acids is 2. The number of hydrogen-bond donors (Lipinski definition) is 2. The number of hydrogen-bond acceptors (Lipinski definition) is 3. The van der Waals surface area contributed by atoms with Crippen LogP contribution in [-0.4, -0.2) is 18.4 Å². The van der Waals surface area contributed by atoms with E-state index in [1.807, 2.05) is 6.92 Å². The number of nitrogens with one attached hydrogen (secondary N) is 2. The van der Waals surface area contributed by atoms with Gasteiger partial charge in [-0.15, -0.1) is 0 Å². The maximum Gasteiger partial charge on any atom is 0.259 e. The summed E-state index contributed by atoms with van der Waals surface area (Å²) >= 11 is 0. The van der Waals surface area contributed by atoms with Crippen LogP contribution < -0.4 is 10.6 Å². The van der Waals surface area contributed by atoms with Gasteiger partial charge in [0.05, 0.1) is 11.8 Å². The molecule has 0 saturated heterocycles. The Morgan fingerprint density at radius 1 is 1.10 bits per heavy atom. The normalized spacial score (nSPS) is 10.1. The molecular weight excluding hydrogens is 256 g/mol. The topological polar surface area (TPSA) is 71.3 Å². The highest BCUT2D eigenvalue weighted by Gasteiger charge is 2.11. The Morgan fingerprint density at radius 3 is 2.35 bits per heavy atom. The van der Waals surface area contributed by atoms with Gasteiger partial charge in [-0.25, -0.2) is 0 Å². The van der Waals surface area contributed by atoms with Crippen LogP contribution in [0.5, 0.6) is 0 Å². The first-order valence-corrected chi connectivity index (χ1v) is 6.35. The van der Waals surface area contributed by atoms with E-state index in [1.54, 1.807) is 37.3 Å². The van der Waals surface area contributed by atoms with Crippen molar-refractivity contribution in [3.05, 3.63) is 53.5 Å². The van der Waals surface area contributed by atoms with Gasteiger partial charge in [0.25, 0.3) is 11.8 Å². The number of rotatable bonds is 4. The molecule has 0 aliphatic heterocycles. The summed E-state index contributed by atoms with van der Waals surface area (Å²) in [6.45, 7) is 4.17. The minimum absolute atomic E-state index is 0.129. The molecule has 2 aromatic rings. The third-order valence-corrected chi connectivity index (χ3v) is 2.85. The smallest absolute Gasteiger partial charge is 0.259 e. The predicted octanol–water partition coefficient (Wildman–Crippen LogP) is 2.59. The van der Waals surface area contributed by atoms with E-state index < -0.39 is 0 Å². The van der Waals surface area contributed by atoms with Crippen LogP contribution in [0.2, 0.25) is 0 Å². The van der Waals surface area contributed by atoms with Crippen LogP contribution in [0.4, 0.5) is 5.69 Å². The average molecular weight is 272 g/mol. The van der Waals surface area contributed by atoms with Crippen molar-refractivity contribution in [2.24, 2.45) is 0 Å². The highest BCUT2D eigenvalue weighted by atomic mass is 16.3. The molecule has 0 aliphatic rings. The first-order chi connectivity index (χ1) is 9.61. The molecule has 5 heteroatoms. The molecule has 104 valence electrons. The quantitative estimate of drug-likeness (QED) is 0.898. The SMILES string of the molecule is CCNC(=O)c1ccc(NC(=O)c2ccoc2C)cc1. The fourth-order valence-electron chi connectivity index (χ4n) is 1.79. The molecule has 5 nitrogen and oxygen atoms in total. The molecule has 2 N–H and O–H groups in total. The molecule has 2 amide bonds. The Kier molecular flexibility index (Phi) is 4.20. The lowest BCUT2D eigenvalue weighted by Crippen LogP contribution is -2.22. The van der Waals surface area contributed by atoms with Crippen molar-refractivity contribution in [2.45, 2.75) is 13.8 Å². The molecule has 0 fully saturated rings. The summed E-state index contributed by atoms with van der Waals surface area (Å²) in [7, 11) is 0. The van der Waals surface area contributed by atoms with E-state index in [-0.39, 0.29) is 11.8 Å². The maximum atomic E-state index is 12.0. The molecule has 0 radical (unpaired) electrons. The third-order valence-electron chi connectivity index (χ3n) is 2.85. The van der Waals surface area contributed by atoms with Crippen LogP contribution in [0.15, 0.2) is 41.0 Å². The van der Waals surface area contributed by atoms with Crippen LogP contribution >= 0.6 is 0 Å². The number of carbonyl (C=O) groups is 2. The van der Waals surface area contributed by atoms with Gasteiger partial charge in [0.1, 0.15) is 5.76 Å². The standard InChI is InChI=1S/C15H16N2O3/c1-3-16-14(18)11-4-6-12(7-5-11)17-15(19)13-8-9-20-10(13)2/h4-9H,3H2,1-2H3,(H,16,18)(H,17,19). The van der Waals surface area contributed by atoms with Crippen molar-refractivity contribution in [2.75, 3.05) is 11.9 Å². The van der Waals surface area contributed by atoms with Crippen LogP contribution in [0, 0.1) is 6.92 Å². The molecule has 0 saturated carbocycles. The molecule has 0 bridgehead atoms. The lowest BCUT2D eigenvalue weighted by molar-refractivity contribution is 0.0955. The number of anilines is 1. The van der Waals surface area contributed by atoms with E-state index in [2.05, 4.69) is 10.6 Å². The minimum atomic E-state index is -0.234. The van der Waals surface area contributed by atoms with Crippen molar-refractivity contribution >= 4 is 17.5 Å². The van der Waals surface area contributed by atoms with Gasteiger partial charge in [0.2, 0.25) is 0 Å². The van der Waals surface area contributed by atoms with Crippen molar-refractivity contribution in [3.63, 3.8) is 0 Å². The van der Waals surface area contributed by atoms with Crippen LogP contribution in [0.3, 0.4) is 0 Å². The lowest BCUT2D eigenvalue weighted by Gasteiger charge is -2.06. The van der Waals surface area contributed by atoms with E-state index in [0.29, 0.717) is 29.1 Å². The number of amides is 2. The van der Waals surface area contributed by atoms with E-state index in [9.17, 15) is 9.59 Å². The predicted molar refractivity (Wildman–Crippen MR) is 75.8 cm³/mol. The van der Waals surface area contributed by atoms with Crippen LogP contribution in [-0.2, 0) is 0 Å². The highest BCUT2D eigenvalue weighted by Crippen LogP contribution is 2.14. The largest absolute Gasteiger partial charge is 0.469 e. The summed E-state index contributed by atoms with van der Waals surface area (Å²) in [5.74, 6) is 0.208. The van der Waals surface area contributed by atoms with Gasteiger partial charge in [-0.1, -0.05) is 0 Å². The molecule has 1 heterocycles. The highest BCUT2D eigenvalue weighted by molar-refractivity contribution is 6.05. The Hall–Kier alpha value is -2.56. The molecule has 1 aromatic heterocycles. The fourth-order valence-corrected chi connectivity index (χ4v) is 1.79. The maximum absolute atomic E-state index is 12.0. The van der Waals surface area contributed by atoms with Crippen molar-refractivity contribution in [3.8, 4) is 0 Å². The zero-order valence-corrected chi connectivity index (χ0v) is 11.4. The molecule has 20 heavy (non-hydrogen) atoms. The van der Waals surface area contributed by atoms with Gasteiger partial charge >= 0.3 is 0 Å². The van der Waals surface area contributed by atoms with Gasteiger partial charge in [-0.3, -0.25) is 9.59 Å². The monoisotopic (exact) mass is 272 g/mol. The van der Waals surface area contributed by atoms with E-state index in [1.165, 1.54) is 6.26 Å². The lowest BCUT2D eigenvalue weighted by atomic mass is 10.2. The Labute approximate surface area is 117 Å². The van der Waals surface area contributed by atoms with Gasteiger partial charge in [0.15, 0.2) is 0 Å². The first-order valence-electron chi connectivity index (χ1n) is 6.35. The number of furan rings is 1. The molecule has 2 rings (SSSR count). The van der Waals surface area contributed by atoms with Gasteiger partial charge in [-0.2, -0.15) is 0 Å². The van der Waals surface area contributed by atoms with E-state index >= 15 is 0 Å². The van der Waals surface area contributed by atoms with E-state index in [4.69, 9.17) is 4.42 Å². The van der Waals surface area contributed by atoms with Gasteiger partial charge in [0, 0.05) is 17.8 Å². The zero-order valence-electron chi connectivity index (χ0n) is 11.4. The first kappa shape index (κ1) is 13.9. The summed E-state index contributed by atoms with van der Waals surface area (Å²) in [5, 5.41) is 5.47. The molecule has 0 spiro atoms. The summed E-state index contributed by atoms with van der Waals surface area (Å²) < 4.78 is 5.09. The van der Waals surface area contributed by atoms with Crippen molar-refractivity contribution in [1.29, 1.82) is 0 Å².